The largest absolute Gasteiger partial charge is 0.456 e. The third-order valence-electron chi connectivity index (χ3n) is 6.19. The van der Waals surface area contributed by atoms with Gasteiger partial charge in [-0.25, -0.2) is 18.2 Å². The van der Waals surface area contributed by atoms with Gasteiger partial charge in [-0.3, -0.25) is 9.20 Å². The van der Waals surface area contributed by atoms with Gasteiger partial charge in [0.15, 0.2) is 0 Å². The Morgan fingerprint density at radius 1 is 1.09 bits per heavy atom. The van der Waals surface area contributed by atoms with Gasteiger partial charge >= 0.3 is 5.97 Å². The average molecular weight is 499 g/mol. The summed E-state index contributed by atoms with van der Waals surface area (Å²) in [5, 5.41) is 0. The summed E-state index contributed by atoms with van der Waals surface area (Å²) in [6.45, 7) is 7.45. The first-order valence-electron chi connectivity index (χ1n) is 11.8. The van der Waals surface area contributed by atoms with Crippen molar-refractivity contribution < 1.29 is 17.9 Å². The third kappa shape index (κ3) is 5.08. The number of fused-ring (bicyclic) bond motifs is 1. The van der Waals surface area contributed by atoms with E-state index in [9.17, 15) is 18.0 Å². The fourth-order valence-corrected chi connectivity index (χ4v) is 5.82. The number of ether oxygens (including phenoxy) is 1. The van der Waals surface area contributed by atoms with E-state index < -0.39 is 16.0 Å². The van der Waals surface area contributed by atoms with Crippen molar-refractivity contribution in [1.82, 2.24) is 13.7 Å². The molecule has 0 unspecified atom stereocenters. The number of hydrogen-bond donors (Lipinski definition) is 0. The molecule has 0 saturated carbocycles. The van der Waals surface area contributed by atoms with Crippen LogP contribution in [0.1, 0.15) is 48.3 Å². The summed E-state index contributed by atoms with van der Waals surface area (Å²) in [4.78, 5) is 32.2. The fraction of sp³-hybridized carbons (Fsp3) is 0.400. The highest BCUT2D eigenvalue weighted by atomic mass is 32.2. The van der Waals surface area contributed by atoms with Gasteiger partial charge in [-0.05, 0) is 49.6 Å². The van der Waals surface area contributed by atoms with Gasteiger partial charge in [-0.1, -0.05) is 19.9 Å². The van der Waals surface area contributed by atoms with E-state index in [4.69, 9.17) is 4.74 Å². The molecule has 0 bridgehead atoms. The lowest BCUT2D eigenvalue weighted by molar-refractivity contribution is 0.0468. The van der Waals surface area contributed by atoms with Gasteiger partial charge in [-0.15, -0.1) is 0 Å². The fourth-order valence-electron chi connectivity index (χ4n) is 4.33. The number of nitrogens with zero attached hydrogens (tertiary/aromatic N) is 4. The van der Waals surface area contributed by atoms with Crippen molar-refractivity contribution in [3.63, 3.8) is 0 Å². The van der Waals surface area contributed by atoms with Crippen LogP contribution in [0.2, 0.25) is 0 Å². The minimum Gasteiger partial charge on any atom is -0.456 e. The summed E-state index contributed by atoms with van der Waals surface area (Å²) in [6.07, 6.45) is 3.70. The summed E-state index contributed by atoms with van der Waals surface area (Å²) in [5.74, 6) is -0.658. The highest BCUT2D eigenvalue weighted by Gasteiger charge is 2.27. The van der Waals surface area contributed by atoms with Crippen molar-refractivity contribution in [1.29, 1.82) is 0 Å². The second kappa shape index (κ2) is 10.2. The van der Waals surface area contributed by atoms with Crippen LogP contribution >= 0.6 is 0 Å². The van der Waals surface area contributed by atoms with E-state index in [-0.39, 0.29) is 22.6 Å². The molecule has 186 valence electrons. The molecular weight excluding hydrogens is 468 g/mol. The molecular formula is C25H30N4O5S. The molecule has 1 aromatic carbocycles. The number of rotatable bonds is 8. The number of anilines is 1. The Morgan fingerprint density at radius 3 is 2.49 bits per heavy atom. The lowest BCUT2D eigenvalue weighted by Gasteiger charge is -2.23. The molecule has 9 nitrogen and oxygen atoms in total. The highest BCUT2D eigenvalue weighted by molar-refractivity contribution is 7.89. The number of sulfonamides is 1. The molecule has 0 spiro atoms. The van der Waals surface area contributed by atoms with Crippen LogP contribution in [-0.2, 0) is 21.4 Å². The molecule has 35 heavy (non-hydrogen) atoms. The van der Waals surface area contributed by atoms with E-state index >= 15 is 0 Å². The molecule has 0 amide bonds. The molecule has 1 fully saturated rings. The Bertz CT molecular complexity index is 1410. The maximum absolute atomic E-state index is 13.2. The average Bonchev–Trinajstić information content (AvgIpc) is 3.38. The number of aromatic nitrogens is 2. The molecule has 0 atom stereocenters. The number of esters is 1. The van der Waals surface area contributed by atoms with Gasteiger partial charge < -0.3 is 9.64 Å². The van der Waals surface area contributed by atoms with Crippen LogP contribution < -0.4 is 10.5 Å². The Kier molecular flexibility index (Phi) is 7.23. The van der Waals surface area contributed by atoms with Crippen LogP contribution in [0.25, 0.3) is 5.65 Å². The number of aryl methyl sites for hydroxylation is 1. The molecule has 2 aromatic heterocycles. The van der Waals surface area contributed by atoms with Crippen molar-refractivity contribution in [2.45, 2.75) is 45.1 Å². The van der Waals surface area contributed by atoms with Crippen molar-refractivity contribution in [3.05, 3.63) is 69.8 Å². The molecule has 10 heteroatoms. The normalized spacial score (nSPS) is 14.1. The molecule has 0 radical (unpaired) electrons. The second-order valence-electron chi connectivity index (χ2n) is 8.56. The number of carbonyl (C=O) groups excluding carboxylic acids is 1. The van der Waals surface area contributed by atoms with Crippen molar-refractivity contribution >= 4 is 27.3 Å². The molecule has 0 N–H and O–H groups in total. The molecule has 3 aromatic rings. The van der Waals surface area contributed by atoms with E-state index in [1.54, 1.807) is 38.2 Å². The third-order valence-corrected chi connectivity index (χ3v) is 8.24. The first-order valence-corrected chi connectivity index (χ1v) is 13.2. The minimum atomic E-state index is -3.75. The Morgan fingerprint density at radius 2 is 1.80 bits per heavy atom. The zero-order chi connectivity index (χ0) is 25.2. The predicted octanol–water partition coefficient (Wildman–Crippen LogP) is 2.99. The summed E-state index contributed by atoms with van der Waals surface area (Å²) >= 11 is 0. The van der Waals surface area contributed by atoms with Crippen molar-refractivity contribution in [2.75, 3.05) is 31.1 Å². The zero-order valence-electron chi connectivity index (χ0n) is 20.2. The first kappa shape index (κ1) is 24.9. The number of hydrogen-bond acceptors (Lipinski definition) is 7. The molecule has 1 aliphatic rings. The lowest BCUT2D eigenvalue weighted by atomic mass is 10.1. The summed E-state index contributed by atoms with van der Waals surface area (Å²) in [7, 11) is -3.75. The Hall–Kier alpha value is -3.24. The van der Waals surface area contributed by atoms with Crippen LogP contribution in [0.5, 0.6) is 0 Å². The van der Waals surface area contributed by atoms with E-state index in [2.05, 4.69) is 9.88 Å². The van der Waals surface area contributed by atoms with Crippen LogP contribution in [0.3, 0.4) is 0 Å². The van der Waals surface area contributed by atoms with E-state index in [0.29, 0.717) is 30.1 Å². The predicted molar refractivity (Wildman–Crippen MR) is 133 cm³/mol. The van der Waals surface area contributed by atoms with Gasteiger partial charge in [-0.2, -0.15) is 4.31 Å². The van der Waals surface area contributed by atoms with Crippen LogP contribution in [-0.4, -0.2) is 54.3 Å². The summed E-state index contributed by atoms with van der Waals surface area (Å²) < 4.78 is 34.5. The molecule has 4 rings (SSSR count). The Balaban J connectivity index is 1.65. The van der Waals surface area contributed by atoms with Gasteiger partial charge in [0.1, 0.15) is 12.3 Å². The summed E-state index contributed by atoms with van der Waals surface area (Å²) in [5.41, 5.74) is 2.27. The van der Waals surface area contributed by atoms with Gasteiger partial charge in [0.2, 0.25) is 10.0 Å². The lowest BCUT2D eigenvalue weighted by Crippen LogP contribution is -2.31. The molecule has 1 saturated heterocycles. The maximum atomic E-state index is 13.2. The monoisotopic (exact) mass is 498 g/mol. The van der Waals surface area contributed by atoms with Crippen molar-refractivity contribution in [3.8, 4) is 0 Å². The van der Waals surface area contributed by atoms with Crippen LogP contribution in [0.4, 0.5) is 5.69 Å². The standard InChI is InChI=1S/C25H30N4O5S/c1-4-28(5-2)35(32,33)20-9-10-22(27-12-6-7-13-27)21(15-20)25(31)34-17-19-14-24(30)29-16-18(3)8-11-23(29)26-19/h8-11,14-16H,4-7,12-13,17H2,1-3H3. The van der Waals surface area contributed by atoms with E-state index in [1.165, 1.54) is 20.8 Å². The molecule has 0 aliphatic carbocycles. The highest BCUT2D eigenvalue weighted by Crippen LogP contribution is 2.29. The van der Waals surface area contributed by atoms with Gasteiger partial charge in [0.25, 0.3) is 5.56 Å². The maximum Gasteiger partial charge on any atom is 0.340 e. The van der Waals surface area contributed by atoms with Gasteiger partial charge in [0, 0.05) is 38.4 Å². The first-order chi connectivity index (χ1) is 16.7. The summed E-state index contributed by atoms with van der Waals surface area (Å²) in [6, 6.07) is 9.54. The number of carbonyl (C=O) groups is 1. The number of benzene rings is 1. The molecule has 3 heterocycles. The van der Waals surface area contributed by atoms with Crippen molar-refractivity contribution in [2.24, 2.45) is 0 Å². The second-order valence-corrected chi connectivity index (χ2v) is 10.5. The Labute approximate surface area is 205 Å². The SMILES string of the molecule is CCN(CC)S(=O)(=O)c1ccc(N2CCCC2)c(C(=O)OCc2cc(=O)n3cc(C)ccc3n2)c1. The van der Waals surface area contributed by atoms with Crippen LogP contribution in [0.15, 0.2) is 52.3 Å². The number of pyridine rings is 1. The quantitative estimate of drug-likeness (QED) is 0.440. The van der Waals surface area contributed by atoms with Crippen LogP contribution in [0, 0.1) is 6.92 Å². The smallest absolute Gasteiger partial charge is 0.340 e. The van der Waals surface area contributed by atoms with E-state index in [0.717, 1.165) is 31.5 Å². The topological polar surface area (TPSA) is 101 Å². The van der Waals surface area contributed by atoms with Gasteiger partial charge in [0.05, 0.1) is 21.8 Å². The zero-order valence-corrected chi connectivity index (χ0v) is 21.0. The molecule has 1 aliphatic heterocycles. The van der Waals surface area contributed by atoms with E-state index in [1.807, 2.05) is 13.0 Å². The minimum absolute atomic E-state index is 0.0496.